The zero-order valence-electron chi connectivity index (χ0n) is 11.5. The Balaban J connectivity index is 2.25. The number of aliphatic hydroxyl groups excluding tert-OH is 1. The van der Waals surface area contributed by atoms with E-state index in [4.69, 9.17) is 5.11 Å². The molecule has 0 radical (unpaired) electrons. The lowest BCUT2D eigenvalue weighted by Gasteiger charge is -2.39. The van der Waals surface area contributed by atoms with E-state index in [-0.39, 0.29) is 11.3 Å². The molecule has 2 aliphatic rings. The smallest absolute Gasteiger partial charge is 0.340 e. The molecule has 4 nitrogen and oxygen atoms in total. The number of hydrogen-bond donors (Lipinski definition) is 2. The monoisotopic (exact) mass is 288 g/mol. The molecule has 2 N–H and O–H groups in total. The molecular formula is C14H25O4P. The van der Waals surface area contributed by atoms with Crippen LogP contribution in [0.4, 0.5) is 0 Å². The highest BCUT2D eigenvalue weighted by atomic mass is 31.2. The minimum Gasteiger partial charge on any atom is -0.479 e. The molecule has 5 heteroatoms. The molecule has 0 aromatic carbocycles. The Kier molecular flexibility index (Phi) is 5.08. The number of rotatable bonds is 4. The Morgan fingerprint density at radius 3 is 1.58 bits per heavy atom. The van der Waals surface area contributed by atoms with Crippen molar-refractivity contribution in [2.24, 2.45) is 0 Å². The number of aliphatic carboxylic acids is 1. The summed E-state index contributed by atoms with van der Waals surface area (Å²) in [4.78, 5) is 11.2. The number of aliphatic hydroxyl groups is 1. The predicted molar refractivity (Wildman–Crippen MR) is 75.0 cm³/mol. The Labute approximate surface area is 115 Å². The third-order valence-corrected chi connectivity index (χ3v) is 9.19. The van der Waals surface area contributed by atoms with Gasteiger partial charge in [-0.25, -0.2) is 4.79 Å². The van der Waals surface area contributed by atoms with Gasteiger partial charge < -0.3 is 14.8 Å². The molecule has 0 heterocycles. The molecule has 2 saturated carbocycles. The summed E-state index contributed by atoms with van der Waals surface area (Å²) < 4.78 is 13.4. The van der Waals surface area contributed by atoms with Crippen molar-refractivity contribution in [1.29, 1.82) is 0 Å². The van der Waals surface area contributed by atoms with Crippen LogP contribution in [-0.4, -0.2) is 33.3 Å². The molecule has 0 aromatic heterocycles. The molecule has 1 atom stereocenters. The summed E-state index contributed by atoms with van der Waals surface area (Å²) in [5, 5.41) is 19.2. The predicted octanol–water partition coefficient (Wildman–Crippen LogP) is 3.42. The molecule has 0 aromatic rings. The second kappa shape index (κ2) is 6.41. The molecule has 0 amide bonds. The van der Waals surface area contributed by atoms with Crippen LogP contribution in [-0.2, 0) is 9.36 Å². The Bertz CT molecular complexity index is 334. The van der Waals surface area contributed by atoms with Crippen molar-refractivity contribution >= 4 is 13.1 Å². The highest BCUT2D eigenvalue weighted by molar-refractivity contribution is 7.66. The van der Waals surface area contributed by atoms with Crippen LogP contribution < -0.4 is 0 Å². The number of carboxylic acids is 1. The lowest BCUT2D eigenvalue weighted by atomic mass is 9.99. The van der Waals surface area contributed by atoms with Gasteiger partial charge in [0.15, 0.2) is 0 Å². The van der Waals surface area contributed by atoms with Crippen LogP contribution in [0, 0.1) is 0 Å². The van der Waals surface area contributed by atoms with Crippen molar-refractivity contribution in [2.75, 3.05) is 0 Å². The summed E-state index contributed by atoms with van der Waals surface area (Å²) in [5.74, 6) is -2.93. The van der Waals surface area contributed by atoms with Crippen LogP contribution in [0.2, 0.25) is 0 Å². The SMILES string of the molecule is O=C(O)C(O)P(=O)(C1CCCCC1)C1CCCCC1. The average Bonchev–Trinajstić information content (AvgIpc) is 2.47. The topological polar surface area (TPSA) is 74.6 Å². The van der Waals surface area contributed by atoms with E-state index in [1.54, 1.807) is 0 Å². The molecule has 19 heavy (non-hydrogen) atoms. The van der Waals surface area contributed by atoms with Crippen molar-refractivity contribution in [3.8, 4) is 0 Å². The Morgan fingerprint density at radius 1 is 0.895 bits per heavy atom. The fourth-order valence-corrected chi connectivity index (χ4v) is 7.92. The highest BCUT2D eigenvalue weighted by Crippen LogP contribution is 2.65. The Hall–Kier alpha value is -0.340. The van der Waals surface area contributed by atoms with Crippen molar-refractivity contribution in [2.45, 2.75) is 81.4 Å². The molecule has 2 rings (SSSR count). The van der Waals surface area contributed by atoms with Gasteiger partial charge in [0.25, 0.3) is 0 Å². The normalized spacial score (nSPS) is 25.1. The van der Waals surface area contributed by atoms with Crippen molar-refractivity contribution in [3.05, 3.63) is 0 Å². The zero-order chi connectivity index (χ0) is 13.9. The minimum atomic E-state index is -3.06. The van der Waals surface area contributed by atoms with Crippen LogP contribution >= 0.6 is 7.14 Å². The maximum atomic E-state index is 13.4. The second-order valence-electron chi connectivity index (χ2n) is 6.06. The van der Waals surface area contributed by atoms with Gasteiger partial charge in [-0.3, -0.25) is 0 Å². The van der Waals surface area contributed by atoms with Gasteiger partial charge in [-0.05, 0) is 25.7 Å². The molecular weight excluding hydrogens is 263 g/mol. The van der Waals surface area contributed by atoms with Gasteiger partial charge in [-0.15, -0.1) is 0 Å². The zero-order valence-corrected chi connectivity index (χ0v) is 12.4. The van der Waals surface area contributed by atoms with Crippen LogP contribution in [0.25, 0.3) is 0 Å². The summed E-state index contributed by atoms with van der Waals surface area (Å²) in [5.41, 5.74) is -0.120. The molecule has 0 bridgehead atoms. The fraction of sp³-hybridized carbons (Fsp3) is 0.929. The first-order chi connectivity index (χ1) is 9.06. The van der Waals surface area contributed by atoms with E-state index in [9.17, 15) is 14.5 Å². The summed E-state index contributed by atoms with van der Waals surface area (Å²) in [6, 6.07) is 0. The van der Waals surface area contributed by atoms with Crippen LogP contribution in [0.15, 0.2) is 0 Å². The molecule has 2 aliphatic carbocycles. The third-order valence-electron chi connectivity index (χ3n) is 4.89. The van der Waals surface area contributed by atoms with Gasteiger partial charge in [0.05, 0.1) is 0 Å². The summed E-state index contributed by atoms with van der Waals surface area (Å²) in [6.45, 7) is 0. The number of hydrogen-bond acceptors (Lipinski definition) is 3. The van der Waals surface area contributed by atoms with Gasteiger partial charge in [-0.2, -0.15) is 0 Å². The van der Waals surface area contributed by atoms with E-state index in [0.717, 1.165) is 64.2 Å². The number of carboxylic acid groups (broad SMARTS) is 1. The Morgan fingerprint density at radius 2 is 1.26 bits per heavy atom. The van der Waals surface area contributed by atoms with Gasteiger partial charge >= 0.3 is 5.97 Å². The molecule has 0 saturated heterocycles. The summed E-state index contributed by atoms with van der Waals surface area (Å²) in [6.07, 6.45) is 9.70. The van der Waals surface area contributed by atoms with Crippen LogP contribution in [0.5, 0.6) is 0 Å². The van der Waals surface area contributed by atoms with E-state index in [1.807, 2.05) is 0 Å². The summed E-state index contributed by atoms with van der Waals surface area (Å²) in [7, 11) is -3.06. The number of carbonyl (C=O) groups is 1. The van der Waals surface area contributed by atoms with Crippen LogP contribution in [0.1, 0.15) is 64.2 Å². The lowest BCUT2D eigenvalue weighted by molar-refractivity contribution is -0.142. The minimum absolute atomic E-state index is 0.0598. The molecule has 0 spiro atoms. The van der Waals surface area contributed by atoms with Crippen molar-refractivity contribution in [3.63, 3.8) is 0 Å². The molecule has 0 aliphatic heterocycles. The van der Waals surface area contributed by atoms with Gasteiger partial charge in [0.1, 0.15) is 7.14 Å². The van der Waals surface area contributed by atoms with Gasteiger partial charge in [-0.1, -0.05) is 38.5 Å². The van der Waals surface area contributed by atoms with Crippen molar-refractivity contribution < 1.29 is 19.6 Å². The van der Waals surface area contributed by atoms with E-state index >= 15 is 0 Å². The van der Waals surface area contributed by atoms with Crippen molar-refractivity contribution in [1.82, 2.24) is 0 Å². The maximum Gasteiger partial charge on any atom is 0.340 e. The molecule has 2 fully saturated rings. The molecule has 110 valence electrons. The van der Waals surface area contributed by atoms with Crippen LogP contribution in [0.3, 0.4) is 0 Å². The third kappa shape index (κ3) is 3.05. The summed E-state index contributed by atoms with van der Waals surface area (Å²) >= 11 is 0. The second-order valence-corrected chi connectivity index (χ2v) is 9.54. The average molecular weight is 288 g/mol. The van der Waals surface area contributed by atoms with E-state index in [0.29, 0.717) is 0 Å². The standard InChI is InChI=1S/C14H25O4P/c15-13(16)14(17)19(18,11-7-3-1-4-8-11)12-9-5-2-6-10-12/h11-12,14,17H,1-10H2,(H,15,16). The van der Waals surface area contributed by atoms with E-state index < -0.39 is 19.0 Å². The van der Waals surface area contributed by atoms with Gasteiger partial charge in [0, 0.05) is 11.3 Å². The van der Waals surface area contributed by atoms with Gasteiger partial charge in [0.2, 0.25) is 5.85 Å². The maximum absolute atomic E-state index is 13.4. The van der Waals surface area contributed by atoms with E-state index in [2.05, 4.69) is 0 Å². The quantitative estimate of drug-likeness (QED) is 0.777. The first kappa shape index (κ1) is 15.1. The first-order valence-electron chi connectivity index (χ1n) is 7.56. The molecule has 1 unspecified atom stereocenters. The largest absolute Gasteiger partial charge is 0.479 e. The highest BCUT2D eigenvalue weighted by Gasteiger charge is 2.49. The first-order valence-corrected chi connectivity index (χ1v) is 9.48. The fourth-order valence-electron chi connectivity index (χ4n) is 3.84. The van der Waals surface area contributed by atoms with E-state index in [1.165, 1.54) is 0 Å². The lowest BCUT2D eigenvalue weighted by Crippen LogP contribution is -2.34.